The highest BCUT2D eigenvalue weighted by Crippen LogP contribution is 2.12. The lowest BCUT2D eigenvalue weighted by Crippen LogP contribution is -2.51. The number of nitrogens with zero attached hydrogens (tertiary/aromatic N) is 2. The van der Waals surface area contributed by atoms with Gasteiger partial charge in [-0.05, 0) is 12.5 Å². The van der Waals surface area contributed by atoms with Crippen molar-refractivity contribution in [3.05, 3.63) is 35.4 Å². The third-order valence-corrected chi connectivity index (χ3v) is 4.63. The average molecular weight is 317 g/mol. The van der Waals surface area contributed by atoms with Crippen molar-refractivity contribution in [3.8, 4) is 0 Å². The molecule has 0 spiro atoms. The lowest BCUT2D eigenvalue weighted by molar-refractivity contribution is -0.134. The molecule has 2 heterocycles. The summed E-state index contributed by atoms with van der Waals surface area (Å²) >= 11 is 0. The molecule has 2 fully saturated rings. The molecule has 1 atom stereocenters. The summed E-state index contributed by atoms with van der Waals surface area (Å²) < 4.78 is 5.42. The molecule has 23 heavy (non-hydrogen) atoms. The monoisotopic (exact) mass is 317 g/mol. The normalized spacial score (nSPS) is 23.0. The Balaban J connectivity index is 1.43. The SMILES string of the molecule is Cc1cccc(CN2CCN(C(=O)CC3COCCN3)CC2)c1. The summed E-state index contributed by atoms with van der Waals surface area (Å²) in [7, 11) is 0. The highest BCUT2D eigenvalue weighted by atomic mass is 16.5. The molecular formula is C18H27N3O2. The molecule has 1 N–H and O–H groups in total. The Morgan fingerprint density at radius 3 is 2.83 bits per heavy atom. The van der Waals surface area contributed by atoms with Gasteiger partial charge in [-0.25, -0.2) is 0 Å². The van der Waals surface area contributed by atoms with Crippen LogP contribution in [0.1, 0.15) is 17.5 Å². The minimum Gasteiger partial charge on any atom is -0.378 e. The zero-order valence-electron chi connectivity index (χ0n) is 14.0. The standard InChI is InChI=1S/C18H27N3O2/c1-15-3-2-4-16(11-15)13-20-6-8-21(9-7-20)18(22)12-17-14-23-10-5-19-17/h2-4,11,17,19H,5-10,12-14H2,1H3. The zero-order chi connectivity index (χ0) is 16.1. The van der Waals surface area contributed by atoms with Gasteiger partial charge in [-0.3, -0.25) is 9.69 Å². The molecule has 3 rings (SSSR count). The van der Waals surface area contributed by atoms with Crippen molar-refractivity contribution < 1.29 is 9.53 Å². The lowest BCUT2D eigenvalue weighted by atomic mass is 10.1. The third-order valence-electron chi connectivity index (χ3n) is 4.63. The molecule has 0 saturated carbocycles. The fraction of sp³-hybridized carbons (Fsp3) is 0.611. The second-order valence-corrected chi connectivity index (χ2v) is 6.58. The molecule has 2 aliphatic rings. The van der Waals surface area contributed by atoms with E-state index >= 15 is 0 Å². The summed E-state index contributed by atoms with van der Waals surface area (Å²) in [4.78, 5) is 16.8. The van der Waals surface area contributed by atoms with E-state index in [2.05, 4.69) is 41.4 Å². The average Bonchev–Trinajstić information content (AvgIpc) is 2.56. The van der Waals surface area contributed by atoms with E-state index in [1.165, 1.54) is 11.1 Å². The number of carbonyl (C=O) groups excluding carboxylic acids is 1. The van der Waals surface area contributed by atoms with E-state index in [1.807, 2.05) is 4.90 Å². The maximum absolute atomic E-state index is 12.4. The molecular weight excluding hydrogens is 290 g/mol. The van der Waals surface area contributed by atoms with Crippen LogP contribution >= 0.6 is 0 Å². The molecule has 2 aliphatic heterocycles. The van der Waals surface area contributed by atoms with Gasteiger partial charge in [0.15, 0.2) is 0 Å². The van der Waals surface area contributed by atoms with Crippen LogP contribution in [0.4, 0.5) is 0 Å². The van der Waals surface area contributed by atoms with Crippen LogP contribution < -0.4 is 5.32 Å². The first-order valence-corrected chi connectivity index (χ1v) is 8.57. The van der Waals surface area contributed by atoms with Crippen molar-refractivity contribution in [1.82, 2.24) is 15.1 Å². The molecule has 1 aromatic rings. The maximum atomic E-state index is 12.4. The Morgan fingerprint density at radius 2 is 2.13 bits per heavy atom. The lowest BCUT2D eigenvalue weighted by Gasteiger charge is -2.36. The van der Waals surface area contributed by atoms with E-state index in [9.17, 15) is 4.79 Å². The van der Waals surface area contributed by atoms with Crippen LogP contribution in [0.25, 0.3) is 0 Å². The van der Waals surface area contributed by atoms with Crippen molar-refractivity contribution in [2.24, 2.45) is 0 Å². The first kappa shape index (κ1) is 16.4. The van der Waals surface area contributed by atoms with Crippen molar-refractivity contribution in [2.75, 3.05) is 45.9 Å². The van der Waals surface area contributed by atoms with Gasteiger partial charge < -0.3 is 15.0 Å². The van der Waals surface area contributed by atoms with Crippen LogP contribution in [0.5, 0.6) is 0 Å². The van der Waals surface area contributed by atoms with E-state index < -0.39 is 0 Å². The topological polar surface area (TPSA) is 44.8 Å². The van der Waals surface area contributed by atoms with Gasteiger partial charge in [0.2, 0.25) is 5.91 Å². The molecule has 2 saturated heterocycles. The number of piperazine rings is 1. The largest absolute Gasteiger partial charge is 0.378 e. The van der Waals surface area contributed by atoms with Gasteiger partial charge in [0.1, 0.15) is 0 Å². The fourth-order valence-electron chi connectivity index (χ4n) is 3.31. The Morgan fingerprint density at radius 1 is 1.30 bits per heavy atom. The summed E-state index contributed by atoms with van der Waals surface area (Å²) in [5, 5.41) is 3.35. The number of carbonyl (C=O) groups is 1. The predicted octanol–water partition coefficient (Wildman–Crippen LogP) is 1.02. The predicted molar refractivity (Wildman–Crippen MR) is 90.3 cm³/mol. The van der Waals surface area contributed by atoms with Gasteiger partial charge in [-0.15, -0.1) is 0 Å². The number of hydrogen-bond acceptors (Lipinski definition) is 4. The van der Waals surface area contributed by atoms with Crippen LogP contribution in [-0.2, 0) is 16.1 Å². The number of nitrogens with one attached hydrogen (secondary N) is 1. The van der Waals surface area contributed by atoms with E-state index in [0.717, 1.165) is 45.9 Å². The maximum Gasteiger partial charge on any atom is 0.224 e. The van der Waals surface area contributed by atoms with Crippen LogP contribution in [0.15, 0.2) is 24.3 Å². The quantitative estimate of drug-likeness (QED) is 0.900. The number of benzene rings is 1. The fourth-order valence-corrected chi connectivity index (χ4v) is 3.31. The van der Waals surface area contributed by atoms with E-state index in [4.69, 9.17) is 4.74 Å². The van der Waals surface area contributed by atoms with Gasteiger partial charge in [-0.1, -0.05) is 29.8 Å². The molecule has 1 amide bonds. The summed E-state index contributed by atoms with van der Waals surface area (Å²) in [6, 6.07) is 8.85. The second kappa shape index (κ2) is 7.90. The second-order valence-electron chi connectivity index (χ2n) is 6.58. The minimum absolute atomic E-state index is 0.182. The number of hydrogen-bond donors (Lipinski definition) is 1. The van der Waals surface area contributed by atoms with E-state index in [0.29, 0.717) is 13.0 Å². The Bertz CT molecular complexity index is 521. The number of amides is 1. The van der Waals surface area contributed by atoms with Crippen molar-refractivity contribution >= 4 is 5.91 Å². The molecule has 0 radical (unpaired) electrons. The molecule has 1 unspecified atom stereocenters. The van der Waals surface area contributed by atoms with Crippen LogP contribution in [0.2, 0.25) is 0 Å². The number of aryl methyl sites for hydroxylation is 1. The highest BCUT2D eigenvalue weighted by Gasteiger charge is 2.24. The number of morpholine rings is 1. The number of rotatable bonds is 4. The highest BCUT2D eigenvalue weighted by molar-refractivity contribution is 5.77. The number of ether oxygens (including phenoxy) is 1. The Labute approximate surface area is 138 Å². The Hall–Kier alpha value is -1.43. The van der Waals surface area contributed by atoms with Crippen LogP contribution in [0.3, 0.4) is 0 Å². The van der Waals surface area contributed by atoms with Crippen molar-refractivity contribution in [1.29, 1.82) is 0 Å². The minimum atomic E-state index is 0.182. The van der Waals surface area contributed by atoms with Gasteiger partial charge in [-0.2, -0.15) is 0 Å². The summed E-state index contributed by atoms with van der Waals surface area (Å²) in [6.45, 7) is 8.92. The molecule has 5 nitrogen and oxygen atoms in total. The van der Waals surface area contributed by atoms with E-state index in [-0.39, 0.29) is 11.9 Å². The summed E-state index contributed by atoms with van der Waals surface area (Å²) in [5.41, 5.74) is 2.66. The first-order valence-electron chi connectivity index (χ1n) is 8.57. The van der Waals surface area contributed by atoms with Crippen molar-refractivity contribution in [2.45, 2.75) is 25.9 Å². The summed E-state index contributed by atoms with van der Waals surface area (Å²) in [6.07, 6.45) is 0.553. The van der Waals surface area contributed by atoms with Crippen LogP contribution in [0, 0.1) is 6.92 Å². The Kier molecular flexibility index (Phi) is 5.65. The third kappa shape index (κ3) is 4.77. The first-order chi connectivity index (χ1) is 11.2. The molecule has 1 aromatic carbocycles. The molecule has 0 aliphatic carbocycles. The van der Waals surface area contributed by atoms with Gasteiger partial charge in [0.25, 0.3) is 0 Å². The van der Waals surface area contributed by atoms with Gasteiger partial charge in [0.05, 0.1) is 13.2 Å². The van der Waals surface area contributed by atoms with Crippen molar-refractivity contribution in [3.63, 3.8) is 0 Å². The molecule has 0 aromatic heterocycles. The molecule has 5 heteroatoms. The summed E-state index contributed by atoms with van der Waals surface area (Å²) in [5.74, 6) is 0.253. The van der Waals surface area contributed by atoms with Gasteiger partial charge >= 0.3 is 0 Å². The zero-order valence-corrected chi connectivity index (χ0v) is 14.0. The van der Waals surface area contributed by atoms with Gasteiger partial charge in [0, 0.05) is 51.7 Å². The smallest absolute Gasteiger partial charge is 0.224 e. The van der Waals surface area contributed by atoms with Crippen LogP contribution in [-0.4, -0.2) is 67.7 Å². The van der Waals surface area contributed by atoms with E-state index in [1.54, 1.807) is 0 Å². The molecule has 0 bridgehead atoms. The molecule has 126 valence electrons.